The van der Waals surface area contributed by atoms with Crippen molar-refractivity contribution in [2.75, 3.05) is 5.32 Å². The quantitative estimate of drug-likeness (QED) is 0.653. The van der Waals surface area contributed by atoms with E-state index in [0.717, 1.165) is 19.9 Å². The zero-order valence-corrected chi connectivity index (χ0v) is 14.5. The van der Waals surface area contributed by atoms with E-state index in [1.54, 1.807) is 0 Å². The van der Waals surface area contributed by atoms with Crippen molar-refractivity contribution in [2.24, 2.45) is 0 Å². The van der Waals surface area contributed by atoms with Crippen LogP contribution in [0.1, 0.15) is 27.0 Å². The molecule has 0 aliphatic heterocycles. The summed E-state index contributed by atoms with van der Waals surface area (Å²) in [4.78, 5) is 12.2. The Kier molecular flexibility index (Phi) is 5.37. The third kappa shape index (κ3) is 3.76. The Labute approximate surface area is 154 Å². The van der Waals surface area contributed by atoms with Gasteiger partial charge in [0, 0.05) is 16.8 Å². The van der Waals surface area contributed by atoms with Gasteiger partial charge in [0.15, 0.2) is 0 Å². The second-order valence-corrected chi connectivity index (χ2v) is 6.14. The highest BCUT2D eigenvalue weighted by Gasteiger charge is 2.73. The first-order valence-electron chi connectivity index (χ1n) is 7.73. The zero-order valence-electron chi connectivity index (χ0n) is 14.5. The van der Waals surface area contributed by atoms with E-state index in [2.05, 4.69) is 5.32 Å². The molecule has 0 saturated carbocycles. The van der Waals surface area contributed by atoms with Crippen molar-refractivity contribution in [2.45, 2.75) is 31.9 Å². The summed E-state index contributed by atoms with van der Waals surface area (Å²) in [7, 11) is 0. The van der Waals surface area contributed by atoms with Crippen molar-refractivity contribution in [3.05, 3.63) is 58.7 Å². The van der Waals surface area contributed by atoms with Gasteiger partial charge in [-0.15, -0.1) is 0 Å². The molecule has 0 atom stereocenters. The maximum absolute atomic E-state index is 14.2. The lowest BCUT2D eigenvalue weighted by Gasteiger charge is -2.31. The number of halogens is 7. The molecule has 0 aliphatic rings. The van der Waals surface area contributed by atoms with Crippen LogP contribution in [0.25, 0.3) is 0 Å². The van der Waals surface area contributed by atoms with Gasteiger partial charge in [-0.1, -0.05) is 18.2 Å². The van der Waals surface area contributed by atoms with E-state index in [9.17, 15) is 40.6 Å². The maximum Gasteiger partial charge on any atom is 0.435 e. The standard InChI is InChI=1S/C18H14F7NO2/c1-9-6-12(16(19,17(20,21)22)18(23,24)25)7-10(2)14(9)26-15(28)11-4-3-5-13(27)8-11/h3-8,27H,1-2H3,(H,26,28). The minimum Gasteiger partial charge on any atom is -0.508 e. The second kappa shape index (κ2) is 6.99. The van der Waals surface area contributed by atoms with E-state index in [1.165, 1.54) is 18.2 Å². The van der Waals surface area contributed by atoms with Crippen LogP contribution in [-0.2, 0) is 5.67 Å². The van der Waals surface area contributed by atoms with E-state index in [-0.39, 0.29) is 28.1 Å². The number of benzene rings is 2. The smallest absolute Gasteiger partial charge is 0.435 e. The number of phenolic OH excluding ortho intramolecular Hbond substituents is 1. The average Bonchev–Trinajstić information content (AvgIpc) is 2.54. The summed E-state index contributed by atoms with van der Waals surface area (Å²) in [5.41, 5.74) is -7.63. The fraction of sp³-hybridized carbons (Fsp3) is 0.278. The fourth-order valence-electron chi connectivity index (χ4n) is 2.68. The molecule has 0 unspecified atom stereocenters. The van der Waals surface area contributed by atoms with Crippen LogP contribution in [0.3, 0.4) is 0 Å². The van der Waals surface area contributed by atoms with Gasteiger partial charge in [0.25, 0.3) is 5.91 Å². The van der Waals surface area contributed by atoms with Gasteiger partial charge >= 0.3 is 18.0 Å². The van der Waals surface area contributed by atoms with E-state index < -0.39 is 29.5 Å². The molecule has 0 radical (unpaired) electrons. The van der Waals surface area contributed by atoms with E-state index in [1.807, 2.05) is 0 Å². The number of carbonyl (C=O) groups excluding carboxylic acids is 1. The maximum atomic E-state index is 14.2. The van der Waals surface area contributed by atoms with Gasteiger partial charge in [-0.25, -0.2) is 4.39 Å². The Bertz CT molecular complexity index is 867. The third-order valence-electron chi connectivity index (χ3n) is 4.06. The molecule has 2 aromatic carbocycles. The number of nitrogens with one attached hydrogen (secondary N) is 1. The highest BCUT2D eigenvalue weighted by atomic mass is 19.4. The molecule has 0 heterocycles. The van der Waals surface area contributed by atoms with Crippen molar-refractivity contribution >= 4 is 11.6 Å². The summed E-state index contributed by atoms with van der Waals surface area (Å²) in [6.07, 6.45) is -12.5. The topological polar surface area (TPSA) is 49.3 Å². The van der Waals surface area contributed by atoms with Crippen LogP contribution in [-0.4, -0.2) is 23.4 Å². The molecule has 3 nitrogen and oxygen atoms in total. The lowest BCUT2D eigenvalue weighted by Crippen LogP contribution is -2.50. The normalized spacial score (nSPS) is 12.8. The number of amides is 1. The van der Waals surface area contributed by atoms with Crippen molar-refractivity contribution in [3.63, 3.8) is 0 Å². The van der Waals surface area contributed by atoms with Crippen LogP contribution in [0.4, 0.5) is 36.4 Å². The molecule has 0 spiro atoms. The molecule has 0 aliphatic carbocycles. The van der Waals surface area contributed by atoms with Gasteiger partial charge in [-0.3, -0.25) is 4.79 Å². The minimum absolute atomic E-state index is 0.00768. The molecule has 2 N–H and O–H groups in total. The number of aryl methyl sites for hydroxylation is 2. The van der Waals surface area contributed by atoms with Crippen molar-refractivity contribution < 1.29 is 40.6 Å². The fourth-order valence-corrected chi connectivity index (χ4v) is 2.68. The molecular weight excluding hydrogens is 395 g/mol. The van der Waals surface area contributed by atoms with Crippen LogP contribution in [0.5, 0.6) is 5.75 Å². The lowest BCUT2D eigenvalue weighted by molar-refractivity contribution is -0.348. The van der Waals surface area contributed by atoms with Crippen LogP contribution in [0.15, 0.2) is 36.4 Å². The number of rotatable bonds is 3. The second-order valence-electron chi connectivity index (χ2n) is 6.14. The molecule has 1 amide bonds. The molecule has 0 bridgehead atoms. The van der Waals surface area contributed by atoms with Crippen molar-refractivity contribution in [1.29, 1.82) is 0 Å². The third-order valence-corrected chi connectivity index (χ3v) is 4.06. The predicted octanol–water partition coefficient (Wildman–Crippen LogP) is 5.55. The van der Waals surface area contributed by atoms with Gasteiger partial charge in [0.2, 0.25) is 0 Å². The van der Waals surface area contributed by atoms with Gasteiger partial charge in [0.05, 0.1) is 0 Å². The SMILES string of the molecule is Cc1cc(C(F)(C(F)(F)F)C(F)(F)F)cc(C)c1NC(=O)c1cccc(O)c1. The summed E-state index contributed by atoms with van der Waals surface area (Å²) in [6, 6.07) is 5.93. The summed E-state index contributed by atoms with van der Waals surface area (Å²) < 4.78 is 91.8. The van der Waals surface area contributed by atoms with E-state index in [0.29, 0.717) is 12.1 Å². The molecule has 0 aromatic heterocycles. The number of phenols is 1. The number of hydrogen-bond acceptors (Lipinski definition) is 2. The molecule has 28 heavy (non-hydrogen) atoms. The highest BCUT2D eigenvalue weighted by Crippen LogP contribution is 2.53. The predicted molar refractivity (Wildman–Crippen MR) is 86.9 cm³/mol. The first-order valence-corrected chi connectivity index (χ1v) is 7.73. The molecule has 0 saturated heterocycles. The molecule has 2 rings (SSSR count). The first kappa shape index (κ1) is 21.5. The number of hydrogen-bond donors (Lipinski definition) is 2. The van der Waals surface area contributed by atoms with Crippen LogP contribution in [0, 0.1) is 13.8 Å². The monoisotopic (exact) mass is 409 g/mol. The van der Waals surface area contributed by atoms with Crippen molar-refractivity contribution in [3.8, 4) is 5.75 Å². The molecule has 0 fully saturated rings. The summed E-state index contributed by atoms with van der Waals surface area (Å²) >= 11 is 0. The van der Waals surface area contributed by atoms with Crippen LogP contribution in [0.2, 0.25) is 0 Å². The van der Waals surface area contributed by atoms with Gasteiger partial charge < -0.3 is 10.4 Å². The number of alkyl halides is 7. The summed E-state index contributed by atoms with van der Waals surface area (Å²) in [6.45, 7) is 2.28. The average molecular weight is 409 g/mol. The molecule has 2 aromatic rings. The molecule has 152 valence electrons. The van der Waals surface area contributed by atoms with Crippen LogP contribution >= 0.6 is 0 Å². The Balaban J connectivity index is 2.49. The van der Waals surface area contributed by atoms with E-state index in [4.69, 9.17) is 0 Å². The van der Waals surface area contributed by atoms with Crippen molar-refractivity contribution in [1.82, 2.24) is 0 Å². The first-order chi connectivity index (χ1) is 12.7. The Morgan fingerprint density at radius 1 is 0.893 bits per heavy atom. The molecular formula is C18H14F7NO2. The Morgan fingerprint density at radius 2 is 1.39 bits per heavy atom. The highest BCUT2D eigenvalue weighted by molar-refractivity contribution is 6.05. The number of aromatic hydroxyl groups is 1. The van der Waals surface area contributed by atoms with Gasteiger partial charge in [-0.2, -0.15) is 26.3 Å². The lowest BCUT2D eigenvalue weighted by atomic mass is 9.90. The number of anilines is 1. The minimum atomic E-state index is -6.23. The molecule has 10 heteroatoms. The zero-order chi connectivity index (χ0) is 21.5. The Morgan fingerprint density at radius 3 is 1.82 bits per heavy atom. The number of carbonyl (C=O) groups is 1. The van der Waals surface area contributed by atoms with Gasteiger partial charge in [0.1, 0.15) is 5.75 Å². The summed E-state index contributed by atoms with van der Waals surface area (Å²) in [5.74, 6) is -0.970. The van der Waals surface area contributed by atoms with Gasteiger partial charge in [-0.05, 0) is 43.2 Å². The van der Waals surface area contributed by atoms with E-state index >= 15 is 0 Å². The summed E-state index contributed by atoms with van der Waals surface area (Å²) in [5, 5.41) is 11.7. The Hall–Kier alpha value is -2.78. The van der Waals surface area contributed by atoms with Crippen LogP contribution < -0.4 is 5.32 Å². The largest absolute Gasteiger partial charge is 0.508 e.